The molecule has 0 spiro atoms. The number of fused-ring (bicyclic) bond motifs is 1. The van der Waals surface area contributed by atoms with Crippen molar-refractivity contribution in [3.63, 3.8) is 0 Å². The van der Waals surface area contributed by atoms with Crippen molar-refractivity contribution in [3.8, 4) is 0 Å². The van der Waals surface area contributed by atoms with Gasteiger partial charge in [0.25, 0.3) is 0 Å². The van der Waals surface area contributed by atoms with Gasteiger partial charge in [0.05, 0.1) is 22.4 Å². The number of amides is 1. The number of unbranched alkanes of at least 4 members (excludes halogenated alkanes) is 1. The average molecular weight is 329 g/mol. The molecule has 106 valence electrons. The highest BCUT2D eigenvalue weighted by Crippen LogP contribution is 2.29. The minimum atomic E-state index is -0.107. The Morgan fingerprint density at radius 2 is 2.25 bits per heavy atom. The van der Waals surface area contributed by atoms with E-state index in [0.29, 0.717) is 22.6 Å². The molecule has 0 aliphatic rings. The SMILES string of the molecule is CCCCC(=O)NC(=S)Nc1c(Cl)ccc2nsnc12. The fraction of sp³-hybridized carbons (Fsp3) is 0.333. The predicted molar refractivity (Wildman–Crippen MR) is 86.3 cm³/mol. The van der Waals surface area contributed by atoms with Crippen LogP contribution < -0.4 is 10.6 Å². The highest BCUT2D eigenvalue weighted by Gasteiger charge is 2.12. The second-order valence-electron chi connectivity index (χ2n) is 4.16. The third kappa shape index (κ3) is 3.62. The van der Waals surface area contributed by atoms with Crippen LogP contribution in [0.4, 0.5) is 5.69 Å². The maximum atomic E-state index is 11.6. The smallest absolute Gasteiger partial charge is 0.226 e. The van der Waals surface area contributed by atoms with Crippen LogP contribution in [0.2, 0.25) is 5.02 Å². The third-order valence-electron chi connectivity index (χ3n) is 2.63. The van der Waals surface area contributed by atoms with Gasteiger partial charge in [0.1, 0.15) is 11.0 Å². The summed E-state index contributed by atoms with van der Waals surface area (Å²) >= 11 is 12.3. The minimum absolute atomic E-state index is 0.107. The number of anilines is 1. The Balaban J connectivity index is 2.08. The Bertz CT molecular complexity index is 643. The highest BCUT2D eigenvalue weighted by atomic mass is 35.5. The van der Waals surface area contributed by atoms with Crippen LogP contribution in [0, 0.1) is 0 Å². The van der Waals surface area contributed by atoms with Gasteiger partial charge in [-0.2, -0.15) is 8.75 Å². The zero-order chi connectivity index (χ0) is 14.5. The first kappa shape index (κ1) is 15.1. The summed E-state index contributed by atoms with van der Waals surface area (Å²) in [4.78, 5) is 11.6. The number of nitrogens with zero attached hydrogens (tertiary/aromatic N) is 2. The normalized spacial score (nSPS) is 10.5. The first-order chi connectivity index (χ1) is 9.61. The van der Waals surface area contributed by atoms with Crippen LogP contribution in [-0.2, 0) is 4.79 Å². The van der Waals surface area contributed by atoms with E-state index in [1.165, 1.54) is 0 Å². The van der Waals surface area contributed by atoms with Crippen LogP contribution in [-0.4, -0.2) is 19.8 Å². The molecule has 0 aliphatic carbocycles. The second-order valence-corrected chi connectivity index (χ2v) is 5.50. The van der Waals surface area contributed by atoms with Crippen molar-refractivity contribution in [2.75, 3.05) is 5.32 Å². The Labute approximate surface area is 131 Å². The zero-order valence-electron chi connectivity index (χ0n) is 10.8. The Morgan fingerprint density at radius 3 is 3.00 bits per heavy atom. The van der Waals surface area contributed by atoms with Crippen LogP contribution in [0.1, 0.15) is 26.2 Å². The number of rotatable bonds is 4. The molecule has 8 heteroatoms. The number of benzene rings is 1. The summed E-state index contributed by atoms with van der Waals surface area (Å²) in [6, 6.07) is 3.50. The van der Waals surface area contributed by atoms with Gasteiger partial charge in [-0.15, -0.1) is 0 Å². The number of halogens is 1. The predicted octanol–water partition coefficient (Wildman–Crippen LogP) is 3.35. The molecule has 0 saturated carbocycles. The molecule has 0 aliphatic heterocycles. The van der Waals surface area contributed by atoms with Crippen LogP contribution in [0.5, 0.6) is 0 Å². The molecule has 2 N–H and O–H groups in total. The molecule has 2 rings (SSSR count). The van der Waals surface area contributed by atoms with Crippen LogP contribution in [0.25, 0.3) is 11.0 Å². The van der Waals surface area contributed by atoms with Crippen molar-refractivity contribution in [1.82, 2.24) is 14.1 Å². The molecule has 1 aromatic heterocycles. The van der Waals surface area contributed by atoms with Gasteiger partial charge in [-0.05, 0) is 30.8 Å². The summed E-state index contributed by atoms with van der Waals surface area (Å²) in [5.41, 5.74) is 1.95. The van der Waals surface area contributed by atoms with Crippen LogP contribution >= 0.6 is 35.5 Å². The molecule has 0 saturated heterocycles. The van der Waals surface area contributed by atoms with E-state index in [4.69, 9.17) is 23.8 Å². The molecule has 20 heavy (non-hydrogen) atoms. The molecular formula is C12H13ClN4OS2. The lowest BCUT2D eigenvalue weighted by Gasteiger charge is -2.11. The number of thiocarbonyl (C=S) groups is 1. The molecular weight excluding hydrogens is 316 g/mol. The monoisotopic (exact) mass is 328 g/mol. The fourth-order valence-electron chi connectivity index (χ4n) is 1.62. The van der Waals surface area contributed by atoms with E-state index in [2.05, 4.69) is 19.4 Å². The van der Waals surface area contributed by atoms with Gasteiger partial charge in [0, 0.05) is 6.42 Å². The number of hydrogen-bond donors (Lipinski definition) is 2. The fourth-order valence-corrected chi connectivity index (χ4v) is 2.58. The van der Waals surface area contributed by atoms with E-state index in [9.17, 15) is 4.79 Å². The van der Waals surface area contributed by atoms with Gasteiger partial charge in [0.15, 0.2) is 5.11 Å². The number of nitrogens with one attached hydrogen (secondary N) is 2. The lowest BCUT2D eigenvalue weighted by Crippen LogP contribution is -2.34. The maximum Gasteiger partial charge on any atom is 0.226 e. The summed E-state index contributed by atoms with van der Waals surface area (Å²) in [5, 5.41) is 6.24. The number of carbonyl (C=O) groups excluding carboxylic acids is 1. The second kappa shape index (κ2) is 6.92. The van der Waals surface area contributed by atoms with Gasteiger partial charge in [-0.1, -0.05) is 24.9 Å². The van der Waals surface area contributed by atoms with E-state index in [1.807, 2.05) is 6.92 Å². The first-order valence-electron chi connectivity index (χ1n) is 6.13. The van der Waals surface area contributed by atoms with Crippen molar-refractivity contribution in [2.45, 2.75) is 26.2 Å². The molecule has 5 nitrogen and oxygen atoms in total. The summed E-state index contributed by atoms with van der Waals surface area (Å²) in [7, 11) is 0. The van der Waals surface area contributed by atoms with Crippen molar-refractivity contribution in [3.05, 3.63) is 17.2 Å². The van der Waals surface area contributed by atoms with Crippen LogP contribution in [0.15, 0.2) is 12.1 Å². The van der Waals surface area contributed by atoms with Crippen molar-refractivity contribution >= 4 is 63.3 Å². The van der Waals surface area contributed by atoms with Gasteiger partial charge < -0.3 is 10.6 Å². The molecule has 0 fully saturated rings. The minimum Gasteiger partial charge on any atom is -0.329 e. The highest BCUT2D eigenvalue weighted by molar-refractivity contribution is 7.80. The molecule has 1 amide bonds. The molecule has 0 atom stereocenters. The lowest BCUT2D eigenvalue weighted by atomic mass is 10.2. The van der Waals surface area contributed by atoms with Gasteiger partial charge in [-0.25, -0.2) is 0 Å². The Kier molecular flexibility index (Phi) is 5.22. The van der Waals surface area contributed by atoms with Gasteiger partial charge in [-0.3, -0.25) is 4.79 Å². The molecule has 2 aromatic rings. The summed E-state index contributed by atoms with van der Waals surface area (Å²) < 4.78 is 8.30. The van der Waals surface area contributed by atoms with Gasteiger partial charge >= 0.3 is 0 Å². The molecule has 0 bridgehead atoms. The van der Waals surface area contributed by atoms with Gasteiger partial charge in [0.2, 0.25) is 5.91 Å². The molecule has 0 radical (unpaired) electrons. The zero-order valence-corrected chi connectivity index (χ0v) is 13.2. The van der Waals surface area contributed by atoms with E-state index >= 15 is 0 Å². The number of carbonyl (C=O) groups is 1. The summed E-state index contributed by atoms with van der Waals surface area (Å²) in [6.45, 7) is 2.03. The van der Waals surface area contributed by atoms with E-state index in [1.54, 1.807) is 12.1 Å². The lowest BCUT2D eigenvalue weighted by molar-refractivity contribution is -0.119. The van der Waals surface area contributed by atoms with Crippen molar-refractivity contribution in [2.24, 2.45) is 0 Å². The molecule has 1 heterocycles. The standard InChI is InChI=1S/C12H13ClN4OS2/c1-2-3-4-9(18)14-12(19)15-10-7(13)5-6-8-11(10)17-20-16-8/h5-6H,2-4H2,1H3,(H2,14,15,18,19). The molecule has 1 aromatic carbocycles. The average Bonchev–Trinajstić information content (AvgIpc) is 2.88. The first-order valence-corrected chi connectivity index (χ1v) is 7.65. The topological polar surface area (TPSA) is 66.9 Å². The quantitative estimate of drug-likeness (QED) is 0.842. The largest absolute Gasteiger partial charge is 0.329 e. The Morgan fingerprint density at radius 1 is 1.45 bits per heavy atom. The number of hydrogen-bond acceptors (Lipinski definition) is 5. The number of aromatic nitrogens is 2. The summed E-state index contributed by atoms with van der Waals surface area (Å²) in [6.07, 6.45) is 2.25. The maximum absolute atomic E-state index is 11.6. The third-order valence-corrected chi connectivity index (χ3v) is 3.69. The van der Waals surface area contributed by atoms with E-state index in [-0.39, 0.29) is 11.0 Å². The van der Waals surface area contributed by atoms with E-state index in [0.717, 1.165) is 30.1 Å². The summed E-state index contributed by atoms with van der Waals surface area (Å²) in [5.74, 6) is -0.107. The van der Waals surface area contributed by atoms with Crippen LogP contribution in [0.3, 0.4) is 0 Å². The Hall–Kier alpha value is -1.31. The van der Waals surface area contributed by atoms with Crippen molar-refractivity contribution in [1.29, 1.82) is 0 Å². The van der Waals surface area contributed by atoms with Crippen molar-refractivity contribution < 1.29 is 4.79 Å². The van der Waals surface area contributed by atoms with E-state index < -0.39 is 0 Å². The molecule has 0 unspecified atom stereocenters.